The number of urea groups is 1. The Bertz CT molecular complexity index is 1170. The second kappa shape index (κ2) is 7.48. The van der Waals surface area contributed by atoms with E-state index in [1.54, 1.807) is 44.6 Å². The molecular weight excluding hydrogens is 392 g/mol. The molecule has 7 heteroatoms. The first-order chi connectivity index (χ1) is 14.0. The van der Waals surface area contributed by atoms with E-state index in [0.29, 0.717) is 27.8 Å². The second-order valence-corrected chi connectivity index (χ2v) is 6.81. The Morgan fingerprint density at radius 3 is 2.52 bits per heavy atom. The van der Waals surface area contributed by atoms with Gasteiger partial charge >= 0.3 is 6.03 Å². The number of imide groups is 1. The van der Waals surface area contributed by atoms with Crippen LogP contribution >= 0.6 is 11.6 Å². The summed E-state index contributed by atoms with van der Waals surface area (Å²) in [6.45, 7) is 0. The van der Waals surface area contributed by atoms with E-state index in [-0.39, 0.29) is 5.70 Å². The van der Waals surface area contributed by atoms with Crippen molar-refractivity contribution in [3.8, 4) is 11.5 Å². The number of fused-ring (bicyclic) bond motifs is 1. The predicted molar refractivity (Wildman–Crippen MR) is 112 cm³/mol. The van der Waals surface area contributed by atoms with Gasteiger partial charge in [0.25, 0.3) is 5.91 Å². The molecule has 0 unspecified atom stereocenters. The molecule has 0 aliphatic carbocycles. The Labute approximate surface area is 172 Å². The second-order valence-electron chi connectivity index (χ2n) is 6.38. The molecule has 0 spiro atoms. The van der Waals surface area contributed by atoms with E-state index in [0.717, 1.165) is 15.7 Å². The third-order valence-corrected chi connectivity index (χ3v) is 4.92. The van der Waals surface area contributed by atoms with Gasteiger partial charge in [0, 0.05) is 10.6 Å². The summed E-state index contributed by atoms with van der Waals surface area (Å²) in [6, 6.07) is 15.4. The van der Waals surface area contributed by atoms with E-state index < -0.39 is 11.9 Å². The van der Waals surface area contributed by atoms with Gasteiger partial charge in [0.15, 0.2) is 0 Å². The van der Waals surface area contributed by atoms with Crippen molar-refractivity contribution in [3.05, 3.63) is 70.9 Å². The molecular formula is C22H17ClN2O4. The van der Waals surface area contributed by atoms with Gasteiger partial charge in [-0.15, -0.1) is 0 Å². The van der Waals surface area contributed by atoms with Crippen molar-refractivity contribution in [1.82, 2.24) is 5.32 Å². The summed E-state index contributed by atoms with van der Waals surface area (Å²) in [5.74, 6) is 0.772. The lowest BCUT2D eigenvalue weighted by Gasteiger charge is -2.12. The number of hydrogen-bond donors (Lipinski definition) is 1. The van der Waals surface area contributed by atoms with Gasteiger partial charge in [-0.2, -0.15) is 0 Å². The van der Waals surface area contributed by atoms with Crippen molar-refractivity contribution >= 4 is 46.1 Å². The molecule has 0 saturated carbocycles. The van der Waals surface area contributed by atoms with Crippen LogP contribution < -0.4 is 19.7 Å². The number of benzene rings is 3. The highest BCUT2D eigenvalue weighted by Gasteiger charge is 2.35. The molecule has 1 heterocycles. The molecule has 3 aromatic carbocycles. The molecule has 29 heavy (non-hydrogen) atoms. The van der Waals surface area contributed by atoms with Crippen molar-refractivity contribution in [2.75, 3.05) is 19.1 Å². The molecule has 1 aliphatic heterocycles. The number of ether oxygens (including phenoxy) is 2. The predicted octanol–water partition coefficient (Wildman–Crippen LogP) is 4.61. The van der Waals surface area contributed by atoms with E-state index in [2.05, 4.69) is 5.32 Å². The quantitative estimate of drug-likeness (QED) is 0.505. The van der Waals surface area contributed by atoms with E-state index in [1.165, 1.54) is 0 Å². The molecule has 1 saturated heterocycles. The molecule has 0 radical (unpaired) electrons. The van der Waals surface area contributed by atoms with Gasteiger partial charge < -0.3 is 14.8 Å². The van der Waals surface area contributed by atoms with Crippen LogP contribution in [0.1, 0.15) is 5.56 Å². The maximum atomic E-state index is 13.0. The molecule has 0 bridgehead atoms. The number of halogens is 1. The summed E-state index contributed by atoms with van der Waals surface area (Å²) in [5.41, 5.74) is 1.21. The smallest absolute Gasteiger partial charge is 0.333 e. The van der Waals surface area contributed by atoms with Crippen LogP contribution in [0.25, 0.3) is 16.8 Å². The number of nitrogens with zero attached hydrogens (tertiary/aromatic N) is 1. The maximum Gasteiger partial charge on any atom is 0.333 e. The minimum absolute atomic E-state index is 0.142. The number of nitrogens with one attached hydrogen (secondary N) is 1. The molecule has 3 amide bonds. The number of carbonyl (C=O) groups is 2. The van der Waals surface area contributed by atoms with Crippen molar-refractivity contribution < 1.29 is 19.1 Å². The van der Waals surface area contributed by atoms with E-state index in [9.17, 15) is 9.59 Å². The van der Waals surface area contributed by atoms with Crippen LogP contribution in [0, 0.1) is 0 Å². The fourth-order valence-corrected chi connectivity index (χ4v) is 3.47. The largest absolute Gasteiger partial charge is 0.497 e. The van der Waals surface area contributed by atoms with Crippen molar-refractivity contribution in [1.29, 1.82) is 0 Å². The molecule has 146 valence electrons. The summed E-state index contributed by atoms with van der Waals surface area (Å²) in [6.07, 6.45) is 1.62. The van der Waals surface area contributed by atoms with E-state index >= 15 is 0 Å². The molecule has 3 aromatic rings. The summed E-state index contributed by atoms with van der Waals surface area (Å²) >= 11 is 6.01. The van der Waals surface area contributed by atoms with Crippen LogP contribution in [-0.4, -0.2) is 26.2 Å². The average molecular weight is 409 g/mol. The fraction of sp³-hybridized carbons (Fsp3) is 0.0909. The zero-order valence-electron chi connectivity index (χ0n) is 15.7. The summed E-state index contributed by atoms with van der Waals surface area (Å²) < 4.78 is 10.8. The lowest BCUT2D eigenvalue weighted by molar-refractivity contribution is -0.113. The normalized spacial score (nSPS) is 15.1. The van der Waals surface area contributed by atoms with E-state index in [1.807, 2.05) is 30.3 Å². The van der Waals surface area contributed by atoms with Crippen molar-refractivity contribution in [2.24, 2.45) is 0 Å². The molecule has 1 N–H and O–H groups in total. The highest BCUT2D eigenvalue weighted by molar-refractivity contribution is 6.32. The Morgan fingerprint density at radius 2 is 1.79 bits per heavy atom. The SMILES string of the molecule is COc1ccc2ccc(OC)c(/C=C3/NC(=O)N(c4cccc(Cl)c4)C3=O)c2c1. The minimum Gasteiger partial charge on any atom is -0.497 e. The highest BCUT2D eigenvalue weighted by atomic mass is 35.5. The fourth-order valence-electron chi connectivity index (χ4n) is 3.28. The summed E-state index contributed by atoms with van der Waals surface area (Å²) in [4.78, 5) is 26.5. The Kier molecular flexibility index (Phi) is 4.86. The maximum absolute atomic E-state index is 13.0. The molecule has 0 atom stereocenters. The molecule has 4 rings (SSSR count). The molecule has 1 fully saturated rings. The van der Waals surface area contributed by atoms with Gasteiger partial charge in [-0.3, -0.25) is 4.79 Å². The van der Waals surface area contributed by atoms with Crippen molar-refractivity contribution in [2.45, 2.75) is 0 Å². The van der Waals surface area contributed by atoms with Crippen LogP contribution in [0.4, 0.5) is 10.5 Å². The molecule has 1 aliphatic rings. The number of rotatable bonds is 4. The number of carbonyl (C=O) groups excluding carboxylic acids is 2. The molecule has 0 aromatic heterocycles. The van der Waals surface area contributed by atoms with Gasteiger partial charge in [-0.05, 0) is 53.2 Å². The highest BCUT2D eigenvalue weighted by Crippen LogP contribution is 2.33. The van der Waals surface area contributed by atoms with Gasteiger partial charge in [0.05, 0.1) is 19.9 Å². The van der Waals surface area contributed by atoms with Crippen LogP contribution in [0.5, 0.6) is 11.5 Å². The zero-order chi connectivity index (χ0) is 20.5. The Balaban J connectivity index is 1.83. The van der Waals surface area contributed by atoms with Gasteiger partial charge in [-0.25, -0.2) is 9.69 Å². The van der Waals surface area contributed by atoms with Crippen LogP contribution in [0.15, 0.2) is 60.3 Å². The standard InChI is InChI=1S/C22H17ClN2O4/c1-28-16-8-6-13-7-9-20(29-2)18(17(13)11-16)12-19-21(26)25(22(27)24-19)15-5-3-4-14(23)10-15/h3-12H,1-2H3,(H,24,27)/b19-12+. The third-order valence-electron chi connectivity index (χ3n) is 4.68. The third kappa shape index (κ3) is 3.39. The van der Waals surface area contributed by atoms with Crippen LogP contribution in [0.3, 0.4) is 0 Å². The lowest BCUT2D eigenvalue weighted by Crippen LogP contribution is -2.30. The van der Waals surface area contributed by atoms with Crippen LogP contribution in [-0.2, 0) is 4.79 Å². The topological polar surface area (TPSA) is 67.9 Å². The Morgan fingerprint density at radius 1 is 1.00 bits per heavy atom. The van der Waals surface area contributed by atoms with Gasteiger partial charge in [-0.1, -0.05) is 29.8 Å². The zero-order valence-corrected chi connectivity index (χ0v) is 16.5. The van der Waals surface area contributed by atoms with Crippen molar-refractivity contribution in [3.63, 3.8) is 0 Å². The number of anilines is 1. The van der Waals surface area contributed by atoms with Gasteiger partial charge in [0.1, 0.15) is 17.2 Å². The number of methoxy groups -OCH3 is 2. The Hall–Kier alpha value is -3.51. The lowest BCUT2D eigenvalue weighted by atomic mass is 10.0. The first-order valence-corrected chi connectivity index (χ1v) is 9.17. The average Bonchev–Trinajstić information content (AvgIpc) is 3.00. The summed E-state index contributed by atoms with van der Waals surface area (Å²) in [5, 5.41) is 4.85. The molecule has 6 nitrogen and oxygen atoms in total. The first-order valence-electron chi connectivity index (χ1n) is 8.79. The first kappa shape index (κ1) is 18.8. The number of amides is 3. The monoisotopic (exact) mass is 408 g/mol. The summed E-state index contributed by atoms with van der Waals surface area (Å²) in [7, 11) is 3.14. The number of hydrogen-bond acceptors (Lipinski definition) is 4. The minimum atomic E-state index is -0.541. The van der Waals surface area contributed by atoms with Gasteiger partial charge in [0.2, 0.25) is 0 Å². The van der Waals surface area contributed by atoms with Crippen LogP contribution in [0.2, 0.25) is 5.02 Å². The van der Waals surface area contributed by atoms with E-state index in [4.69, 9.17) is 21.1 Å².